The van der Waals surface area contributed by atoms with E-state index in [2.05, 4.69) is 18.3 Å². The molecule has 0 spiro atoms. The van der Waals surface area contributed by atoms with Gasteiger partial charge in [0.25, 0.3) is 0 Å². The highest BCUT2D eigenvalue weighted by atomic mass is 16.1. The molecule has 3 N–H and O–H groups in total. The number of rotatable bonds is 4. The number of benzene rings is 2. The first-order valence-electron chi connectivity index (χ1n) is 5.85. The lowest BCUT2D eigenvalue weighted by molar-refractivity contribution is 0.1000. The summed E-state index contributed by atoms with van der Waals surface area (Å²) in [4.78, 5) is 11.1. The van der Waals surface area contributed by atoms with E-state index in [1.165, 1.54) is 5.56 Å². The summed E-state index contributed by atoms with van der Waals surface area (Å²) in [5, 5.41) is 3.34. The number of primary amides is 1. The van der Waals surface area contributed by atoms with Gasteiger partial charge in [-0.3, -0.25) is 4.79 Å². The molecule has 0 radical (unpaired) electrons. The average molecular weight is 240 g/mol. The molecule has 3 heteroatoms. The van der Waals surface area contributed by atoms with E-state index in [0.717, 1.165) is 11.3 Å². The number of nitrogens with one attached hydrogen (secondary N) is 1. The molecule has 18 heavy (non-hydrogen) atoms. The molecule has 0 heterocycles. The molecule has 2 rings (SSSR count). The van der Waals surface area contributed by atoms with Crippen LogP contribution in [0.4, 0.5) is 5.69 Å². The van der Waals surface area contributed by atoms with Crippen LogP contribution in [0.1, 0.15) is 21.5 Å². The van der Waals surface area contributed by atoms with Crippen molar-refractivity contribution in [2.24, 2.45) is 5.73 Å². The Hall–Kier alpha value is -2.29. The summed E-state index contributed by atoms with van der Waals surface area (Å²) >= 11 is 0. The molecule has 0 aliphatic heterocycles. The van der Waals surface area contributed by atoms with Gasteiger partial charge in [-0.05, 0) is 36.2 Å². The van der Waals surface area contributed by atoms with Crippen molar-refractivity contribution >= 4 is 11.6 Å². The molecule has 0 aromatic heterocycles. The second kappa shape index (κ2) is 5.36. The Morgan fingerprint density at radius 3 is 2.67 bits per heavy atom. The van der Waals surface area contributed by atoms with E-state index in [4.69, 9.17) is 5.73 Å². The molecule has 0 aliphatic rings. The Labute approximate surface area is 107 Å². The standard InChI is InChI=1S/C15H16N2O/c1-11-5-2-3-8-14(11)17-10-12-6-4-7-13(9-12)15(16)18/h2-9,17H,10H2,1H3,(H2,16,18). The van der Waals surface area contributed by atoms with Crippen LogP contribution in [0.2, 0.25) is 0 Å². The highest BCUT2D eigenvalue weighted by Gasteiger charge is 2.01. The van der Waals surface area contributed by atoms with Crippen LogP contribution in [0.3, 0.4) is 0 Å². The average Bonchev–Trinajstić information content (AvgIpc) is 2.38. The van der Waals surface area contributed by atoms with Gasteiger partial charge in [-0.15, -0.1) is 0 Å². The van der Waals surface area contributed by atoms with Crippen molar-refractivity contribution in [1.82, 2.24) is 0 Å². The van der Waals surface area contributed by atoms with Gasteiger partial charge < -0.3 is 11.1 Å². The van der Waals surface area contributed by atoms with E-state index in [1.807, 2.05) is 36.4 Å². The summed E-state index contributed by atoms with van der Waals surface area (Å²) in [5.74, 6) is -0.396. The first kappa shape index (κ1) is 12.2. The van der Waals surface area contributed by atoms with Crippen LogP contribution in [0, 0.1) is 6.92 Å². The van der Waals surface area contributed by atoms with E-state index in [0.29, 0.717) is 12.1 Å². The van der Waals surface area contributed by atoms with Crippen LogP contribution >= 0.6 is 0 Å². The lowest BCUT2D eigenvalue weighted by atomic mass is 10.1. The highest BCUT2D eigenvalue weighted by molar-refractivity contribution is 5.92. The van der Waals surface area contributed by atoms with E-state index in [-0.39, 0.29) is 0 Å². The topological polar surface area (TPSA) is 55.1 Å². The molecule has 0 fully saturated rings. The molecule has 0 unspecified atom stereocenters. The van der Waals surface area contributed by atoms with Crippen LogP contribution in [-0.2, 0) is 6.54 Å². The third-order valence-electron chi connectivity index (χ3n) is 2.84. The Morgan fingerprint density at radius 2 is 1.94 bits per heavy atom. The van der Waals surface area contributed by atoms with Gasteiger partial charge in [0, 0.05) is 17.8 Å². The minimum atomic E-state index is -0.396. The zero-order valence-electron chi connectivity index (χ0n) is 10.3. The fourth-order valence-electron chi connectivity index (χ4n) is 1.80. The van der Waals surface area contributed by atoms with Gasteiger partial charge in [0.15, 0.2) is 0 Å². The SMILES string of the molecule is Cc1ccccc1NCc1cccc(C(N)=O)c1. The zero-order chi connectivity index (χ0) is 13.0. The smallest absolute Gasteiger partial charge is 0.248 e. The lowest BCUT2D eigenvalue weighted by Crippen LogP contribution is -2.11. The van der Waals surface area contributed by atoms with Crippen molar-refractivity contribution in [3.05, 3.63) is 65.2 Å². The van der Waals surface area contributed by atoms with E-state index in [1.54, 1.807) is 6.07 Å². The van der Waals surface area contributed by atoms with Gasteiger partial charge in [-0.1, -0.05) is 30.3 Å². The number of hydrogen-bond donors (Lipinski definition) is 2. The monoisotopic (exact) mass is 240 g/mol. The summed E-state index contributed by atoms with van der Waals surface area (Å²) in [5.41, 5.74) is 9.13. The third-order valence-corrected chi connectivity index (χ3v) is 2.84. The zero-order valence-corrected chi connectivity index (χ0v) is 10.3. The van der Waals surface area contributed by atoms with Crippen molar-refractivity contribution in [3.63, 3.8) is 0 Å². The van der Waals surface area contributed by atoms with Gasteiger partial charge in [0.1, 0.15) is 0 Å². The number of aryl methyl sites for hydroxylation is 1. The van der Waals surface area contributed by atoms with Crippen molar-refractivity contribution < 1.29 is 4.79 Å². The Balaban J connectivity index is 2.09. The van der Waals surface area contributed by atoms with Crippen molar-refractivity contribution in [2.45, 2.75) is 13.5 Å². The number of amides is 1. The van der Waals surface area contributed by atoms with Gasteiger partial charge in [-0.2, -0.15) is 0 Å². The third kappa shape index (κ3) is 2.88. The molecule has 2 aromatic carbocycles. The van der Waals surface area contributed by atoms with Crippen molar-refractivity contribution in [1.29, 1.82) is 0 Å². The Bertz CT molecular complexity index is 564. The molecule has 0 aliphatic carbocycles. The van der Waals surface area contributed by atoms with E-state index < -0.39 is 5.91 Å². The highest BCUT2D eigenvalue weighted by Crippen LogP contribution is 2.15. The summed E-state index contributed by atoms with van der Waals surface area (Å²) in [6.45, 7) is 2.73. The molecule has 92 valence electrons. The second-order valence-corrected chi connectivity index (χ2v) is 4.23. The van der Waals surface area contributed by atoms with Crippen molar-refractivity contribution in [3.8, 4) is 0 Å². The predicted octanol–water partition coefficient (Wildman–Crippen LogP) is 2.71. The fourth-order valence-corrected chi connectivity index (χ4v) is 1.80. The summed E-state index contributed by atoms with van der Waals surface area (Å²) < 4.78 is 0. The predicted molar refractivity (Wildman–Crippen MR) is 73.5 cm³/mol. The van der Waals surface area contributed by atoms with Crippen LogP contribution in [0.5, 0.6) is 0 Å². The fraction of sp³-hybridized carbons (Fsp3) is 0.133. The molecular formula is C15H16N2O. The number of para-hydroxylation sites is 1. The number of carbonyl (C=O) groups is 1. The molecule has 0 saturated carbocycles. The first-order chi connectivity index (χ1) is 8.66. The van der Waals surface area contributed by atoms with Crippen LogP contribution in [-0.4, -0.2) is 5.91 Å². The first-order valence-corrected chi connectivity index (χ1v) is 5.85. The minimum absolute atomic E-state index is 0.396. The summed E-state index contributed by atoms with van der Waals surface area (Å²) in [6, 6.07) is 15.4. The molecule has 0 saturated heterocycles. The number of carbonyl (C=O) groups excluding carboxylic acids is 1. The lowest BCUT2D eigenvalue weighted by Gasteiger charge is -2.09. The Kier molecular flexibility index (Phi) is 3.63. The van der Waals surface area contributed by atoms with Gasteiger partial charge in [0.05, 0.1) is 0 Å². The second-order valence-electron chi connectivity index (χ2n) is 4.23. The number of hydrogen-bond acceptors (Lipinski definition) is 2. The van der Waals surface area contributed by atoms with Gasteiger partial charge in [-0.25, -0.2) is 0 Å². The van der Waals surface area contributed by atoms with Crippen LogP contribution in [0.25, 0.3) is 0 Å². The maximum Gasteiger partial charge on any atom is 0.248 e. The quantitative estimate of drug-likeness (QED) is 0.863. The summed E-state index contributed by atoms with van der Waals surface area (Å²) in [7, 11) is 0. The van der Waals surface area contributed by atoms with E-state index in [9.17, 15) is 4.79 Å². The molecule has 2 aromatic rings. The van der Waals surface area contributed by atoms with Gasteiger partial charge >= 0.3 is 0 Å². The van der Waals surface area contributed by atoms with Crippen LogP contribution in [0.15, 0.2) is 48.5 Å². The largest absolute Gasteiger partial charge is 0.381 e. The normalized spacial score (nSPS) is 10.1. The molecular weight excluding hydrogens is 224 g/mol. The molecule has 0 atom stereocenters. The van der Waals surface area contributed by atoms with Crippen LogP contribution < -0.4 is 11.1 Å². The Morgan fingerprint density at radius 1 is 1.17 bits per heavy atom. The maximum absolute atomic E-state index is 11.1. The van der Waals surface area contributed by atoms with Gasteiger partial charge in [0.2, 0.25) is 5.91 Å². The summed E-state index contributed by atoms with van der Waals surface area (Å²) in [6.07, 6.45) is 0. The molecule has 1 amide bonds. The molecule has 3 nitrogen and oxygen atoms in total. The number of anilines is 1. The minimum Gasteiger partial charge on any atom is -0.381 e. The molecule has 0 bridgehead atoms. The maximum atomic E-state index is 11.1. The van der Waals surface area contributed by atoms with Crippen molar-refractivity contribution in [2.75, 3.05) is 5.32 Å². The van der Waals surface area contributed by atoms with E-state index >= 15 is 0 Å². The number of nitrogens with two attached hydrogens (primary N) is 1.